The monoisotopic (exact) mass is 377 g/mol. The first-order valence-electron chi connectivity index (χ1n) is 9.36. The number of aryl methyl sites for hydroxylation is 1. The summed E-state index contributed by atoms with van der Waals surface area (Å²) in [6.45, 7) is 3.57. The van der Waals surface area contributed by atoms with E-state index in [0.29, 0.717) is 6.54 Å². The molecule has 0 radical (unpaired) electrons. The van der Waals surface area contributed by atoms with Crippen molar-refractivity contribution >= 4 is 5.96 Å². The Morgan fingerprint density at radius 2 is 1.96 bits per heavy atom. The van der Waals surface area contributed by atoms with Crippen molar-refractivity contribution in [3.05, 3.63) is 77.6 Å². The van der Waals surface area contributed by atoms with E-state index in [4.69, 9.17) is 4.74 Å². The van der Waals surface area contributed by atoms with Gasteiger partial charge in [0.25, 0.3) is 0 Å². The van der Waals surface area contributed by atoms with Gasteiger partial charge in [-0.2, -0.15) is 5.10 Å². The Morgan fingerprint density at radius 1 is 1.14 bits per heavy atom. The summed E-state index contributed by atoms with van der Waals surface area (Å²) in [5, 5.41) is 11.0. The maximum atomic E-state index is 5.45. The van der Waals surface area contributed by atoms with Crippen LogP contribution in [-0.4, -0.2) is 36.4 Å². The fraction of sp³-hybridized carbons (Fsp3) is 0.273. The highest BCUT2D eigenvalue weighted by Crippen LogP contribution is 2.19. The van der Waals surface area contributed by atoms with Crippen LogP contribution in [0.1, 0.15) is 16.7 Å². The maximum absolute atomic E-state index is 5.45. The van der Waals surface area contributed by atoms with E-state index in [0.717, 1.165) is 30.4 Å². The molecule has 0 unspecified atom stereocenters. The Hall–Kier alpha value is -3.28. The van der Waals surface area contributed by atoms with Gasteiger partial charge < -0.3 is 15.4 Å². The summed E-state index contributed by atoms with van der Waals surface area (Å²) in [5.41, 5.74) is 4.65. The molecular formula is C22H27N5O. The lowest BCUT2D eigenvalue weighted by molar-refractivity contribution is 0.409. The number of hydrogen-bond acceptors (Lipinski definition) is 3. The Morgan fingerprint density at radius 3 is 2.64 bits per heavy atom. The van der Waals surface area contributed by atoms with Crippen molar-refractivity contribution in [2.75, 3.05) is 20.7 Å². The molecule has 6 nitrogen and oxygen atoms in total. The zero-order valence-corrected chi connectivity index (χ0v) is 16.6. The lowest BCUT2D eigenvalue weighted by atomic mass is 10.1. The number of nitrogens with zero attached hydrogens (tertiary/aromatic N) is 3. The molecule has 3 rings (SSSR count). The molecule has 0 spiro atoms. The fourth-order valence-corrected chi connectivity index (χ4v) is 3.01. The predicted octanol–water partition coefficient (Wildman–Crippen LogP) is 3.10. The van der Waals surface area contributed by atoms with Crippen LogP contribution in [0, 0.1) is 6.92 Å². The molecule has 0 saturated heterocycles. The Labute approximate surface area is 166 Å². The molecule has 28 heavy (non-hydrogen) atoms. The normalized spacial score (nSPS) is 11.3. The molecule has 0 fully saturated rings. The highest BCUT2D eigenvalue weighted by molar-refractivity contribution is 5.79. The van der Waals surface area contributed by atoms with Gasteiger partial charge in [-0.3, -0.25) is 4.99 Å². The summed E-state index contributed by atoms with van der Waals surface area (Å²) in [5.74, 6) is 1.70. The topological polar surface area (TPSA) is 63.5 Å². The lowest BCUT2D eigenvalue weighted by Crippen LogP contribution is -2.37. The smallest absolute Gasteiger partial charge is 0.191 e. The summed E-state index contributed by atoms with van der Waals surface area (Å²) < 4.78 is 7.29. The van der Waals surface area contributed by atoms with Crippen molar-refractivity contribution in [1.82, 2.24) is 20.4 Å². The third kappa shape index (κ3) is 5.13. The Kier molecular flexibility index (Phi) is 6.68. The molecule has 146 valence electrons. The van der Waals surface area contributed by atoms with Crippen molar-refractivity contribution in [1.29, 1.82) is 0 Å². The number of ether oxygens (including phenoxy) is 1. The van der Waals surface area contributed by atoms with Gasteiger partial charge in [0.2, 0.25) is 0 Å². The zero-order chi connectivity index (χ0) is 19.8. The van der Waals surface area contributed by atoms with E-state index in [-0.39, 0.29) is 0 Å². The van der Waals surface area contributed by atoms with Crippen LogP contribution < -0.4 is 15.4 Å². The first-order chi connectivity index (χ1) is 13.7. The second kappa shape index (κ2) is 9.60. The quantitative estimate of drug-likeness (QED) is 0.491. The number of aromatic nitrogens is 2. The van der Waals surface area contributed by atoms with Crippen molar-refractivity contribution in [3.63, 3.8) is 0 Å². The number of aliphatic imine (C=N–C) groups is 1. The molecule has 0 bridgehead atoms. The maximum Gasteiger partial charge on any atom is 0.191 e. The molecule has 2 aromatic carbocycles. The van der Waals surface area contributed by atoms with E-state index < -0.39 is 0 Å². The van der Waals surface area contributed by atoms with Crippen molar-refractivity contribution in [2.45, 2.75) is 19.9 Å². The lowest BCUT2D eigenvalue weighted by Gasteiger charge is -2.14. The number of rotatable bonds is 7. The van der Waals surface area contributed by atoms with Gasteiger partial charge in [-0.1, -0.05) is 29.8 Å². The molecule has 0 aliphatic rings. The van der Waals surface area contributed by atoms with E-state index in [1.807, 2.05) is 23.0 Å². The van der Waals surface area contributed by atoms with E-state index in [1.165, 1.54) is 16.7 Å². The summed E-state index contributed by atoms with van der Waals surface area (Å²) in [4.78, 5) is 4.30. The minimum atomic E-state index is 0.701. The van der Waals surface area contributed by atoms with Crippen LogP contribution in [0.4, 0.5) is 0 Å². The molecule has 6 heteroatoms. The molecule has 0 aliphatic carbocycles. The van der Waals surface area contributed by atoms with Gasteiger partial charge in [-0.25, -0.2) is 4.68 Å². The number of guanidine groups is 1. The minimum absolute atomic E-state index is 0.701. The van der Waals surface area contributed by atoms with Gasteiger partial charge >= 0.3 is 0 Å². The van der Waals surface area contributed by atoms with Crippen molar-refractivity contribution < 1.29 is 4.74 Å². The first kappa shape index (κ1) is 19.5. The second-order valence-electron chi connectivity index (χ2n) is 6.53. The van der Waals surface area contributed by atoms with Crippen LogP contribution in [0.15, 0.2) is 65.9 Å². The summed E-state index contributed by atoms with van der Waals surface area (Å²) in [6, 6.07) is 16.5. The molecular weight excluding hydrogens is 350 g/mol. The number of methoxy groups -OCH3 is 1. The standard InChI is InChI=1S/C22H27N5O/c1-17-5-10-21(28-3)19(15-17)11-13-24-22(23-2)25-16-18-6-8-20(9-7-18)27-14-4-12-26-27/h4-10,12,14-15H,11,13,16H2,1-3H3,(H2,23,24,25). The molecule has 0 amide bonds. The molecule has 0 atom stereocenters. The van der Waals surface area contributed by atoms with Gasteiger partial charge in [-0.05, 0) is 48.7 Å². The van der Waals surface area contributed by atoms with Crippen LogP contribution in [-0.2, 0) is 13.0 Å². The van der Waals surface area contributed by atoms with Gasteiger partial charge in [-0.15, -0.1) is 0 Å². The Balaban J connectivity index is 1.49. The van der Waals surface area contributed by atoms with Crippen LogP contribution in [0.2, 0.25) is 0 Å². The van der Waals surface area contributed by atoms with Crippen LogP contribution in [0.5, 0.6) is 5.75 Å². The van der Waals surface area contributed by atoms with Gasteiger partial charge in [0.15, 0.2) is 5.96 Å². The minimum Gasteiger partial charge on any atom is -0.496 e. The molecule has 0 saturated carbocycles. The van der Waals surface area contributed by atoms with E-state index in [2.05, 4.69) is 64.0 Å². The third-order valence-corrected chi connectivity index (χ3v) is 4.51. The average molecular weight is 377 g/mol. The van der Waals surface area contributed by atoms with Crippen molar-refractivity contribution in [2.24, 2.45) is 4.99 Å². The summed E-state index contributed by atoms with van der Waals surface area (Å²) >= 11 is 0. The highest BCUT2D eigenvalue weighted by atomic mass is 16.5. The number of nitrogens with one attached hydrogen (secondary N) is 2. The Bertz CT molecular complexity index is 901. The van der Waals surface area contributed by atoms with E-state index in [9.17, 15) is 0 Å². The summed E-state index contributed by atoms with van der Waals surface area (Å²) in [6.07, 6.45) is 4.57. The predicted molar refractivity (Wildman–Crippen MR) is 113 cm³/mol. The SMILES string of the molecule is CN=C(NCCc1cc(C)ccc1OC)NCc1ccc(-n2cccn2)cc1. The van der Waals surface area contributed by atoms with E-state index >= 15 is 0 Å². The van der Waals surface area contributed by atoms with Crippen LogP contribution >= 0.6 is 0 Å². The molecule has 2 N–H and O–H groups in total. The van der Waals surface area contributed by atoms with Crippen LogP contribution in [0.3, 0.4) is 0 Å². The zero-order valence-electron chi connectivity index (χ0n) is 16.6. The second-order valence-corrected chi connectivity index (χ2v) is 6.53. The fourth-order valence-electron chi connectivity index (χ4n) is 3.01. The molecule has 3 aromatic rings. The van der Waals surface area contributed by atoms with Gasteiger partial charge in [0.05, 0.1) is 12.8 Å². The van der Waals surface area contributed by atoms with Crippen LogP contribution in [0.25, 0.3) is 5.69 Å². The summed E-state index contributed by atoms with van der Waals surface area (Å²) in [7, 11) is 3.49. The molecule has 1 heterocycles. The van der Waals surface area contributed by atoms with Gasteiger partial charge in [0.1, 0.15) is 5.75 Å². The largest absolute Gasteiger partial charge is 0.496 e. The highest BCUT2D eigenvalue weighted by Gasteiger charge is 2.04. The first-order valence-corrected chi connectivity index (χ1v) is 9.36. The van der Waals surface area contributed by atoms with Crippen molar-refractivity contribution in [3.8, 4) is 11.4 Å². The van der Waals surface area contributed by atoms with E-state index in [1.54, 1.807) is 20.4 Å². The van der Waals surface area contributed by atoms with Gasteiger partial charge in [0, 0.05) is 32.5 Å². The number of hydrogen-bond donors (Lipinski definition) is 2. The number of benzene rings is 2. The molecule has 0 aliphatic heterocycles. The molecule has 1 aromatic heterocycles. The third-order valence-electron chi connectivity index (χ3n) is 4.51. The average Bonchev–Trinajstić information content (AvgIpc) is 3.26.